The summed E-state index contributed by atoms with van der Waals surface area (Å²) in [6.07, 6.45) is 2.45. The van der Waals surface area contributed by atoms with E-state index < -0.39 is 0 Å². The Morgan fingerprint density at radius 1 is 1.48 bits per heavy atom. The minimum absolute atomic E-state index is 0.261. The molecular weight excluding hydrogens is 267 g/mol. The van der Waals surface area contributed by atoms with Gasteiger partial charge < -0.3 is 15.1 Å². The quantitative estimate of drug-likeness (QED) is 0.871. The highest BCUT2D eigenvalue weighted by molar-refractivity contribution is 5.48. The predicted molar refractivity (Wildman–Crippen MR) is 85.0 cm³/mol. The molecule has 0 saturated carbocycles. The van der Waals surface area contributed by atoms with Crippen molar-refractivity contribution in [2.24, 2.45) is 5.92 Å². The highest BCUT2D eigenvalue weighted by atomic mass is 19.1. The average molecular weight is 294 g/mol. The van der Waals surface area contributed by atoms with Gasteiger partial charge in [0.25, 0.3) is 0 Å². The average Bonchev–Trinajstić information content (AvgIpc) is 2.88. The van der Waals surface area contributed by atoms with Gasteiger partial charge in [-0.3, -0.25) is 0 Å². The van der Waals surface area contributed by atoms with Crippen molar-refractivity contribution in [2.75, 3.05) is 38.6 Å². The van der Waals surface area contributed by atoms with Crippen LogP contribution >= 0.6 is 0 Å². The first-order valence-electron chi connectivity index (χ1n) is 7.74. The van der Waals surface area contributed by atoms with E-state index >= 15 is 0 Å². The monoisotopic (exact) mass is 294 g/mol. The van der Waals surface area contributed by atoms with Gasteiger partial charge in [0.2, 0.25) is 0 Å². The van der Waals surface area contributed by atoms with Crippen LogP contribution in [0.3, 0.4) is 0 Å². The number of hydrogen-bond donors (Lipinski definition) is 1. The van der Waals surface area contributed by atoms with Crippen LogP contribution in [-0.4, -0.2) is 49.7 Å². The summed E-state index contributed by atoms with van der Waals surface area (Å²) in [6, 6.07) is 2.16. The molecule has 5 heteroatoms. The van der Waals surface area contributed by atoms with E-state index in [0.29, 0.717) is 18.5 Å². The Hall–Kier alpha value is -1.20. The van der Waals surface area contributed by atoms with E-state index in [1.165, 1.54) is 6.20 Å². The lowest BCUT2D eigenvalue weighted by atomic mass is 10.2. The number of anilines is 1. The first-order chi connectivity index (χ1) is 9.97. The predicted octanol–water partition coefficient (Wildman–Crippen LogP) is 2.11. The number of aromatic nitrogens is 1. The fourth-order valence-corrected chi connectivity index (χ4v) is 2.74. The van der Waals surface area contributed by atoms with E-state index in [-0.39, 0.29) is 5.82 Å². The zero-order chi connectivity index (χ0) is 15.4. The second-order valence-electron chi connectivity index (χ2n) is 6.51. The molecule has 0 bridgehead atoms. The molecule has 0 amide bonds. The summed E-state index contributed by atoms with van der Waals surface area (Å²) in [7, 11) is 4.22. The van der Waals surface area contributed by atoms with Crippen molar-refractivity contribution >= 4 is 5.82 Å². The molecule has 1 aromatic heterocycles. The van der Waals surface area contributed by atoms with E-state index in [1.807, 2.05) is 0 Å². The number of nitrogens with one attached hydrogen (secondary N) is 1. The summed E-state index contributed by atoms with van der Waals surface area (Å²) in [4.78, 5) is 8.87. The molecule has 1 N–H and O–H groups in total. The first kappa shape index (κ1) is 16.2. The lowest BCUT2D eigenvalue weighted by Crippen LogP contribution is -2.32. The van der Waals surface area contributed by atoms with Gasteiger partial charge in [-0.15, -0.1) is 0 Å². The van der Waals surface area contributed by atoms with Gasteiger partial charge in [0.05, 0.1) is 6.20 Å². The van der Waals surface area contributed by atoms with Gasteiger partial charge in [0.1, 0.15) is 11.6 Å². The number of nitrogens with zero attached hydrogens (tertiary/aromatic N) is 3. The summed E-state index contributed by atoms with van der Waals surface area (Å²) in [6.45, 7) is 7.87. The minimum atomic E-state index is -0.261. The van der Waals surface area contributed by atoms with E-state index in [9.17, 15) is 4.39 Å². The number of rotatable bonds is 6. The largest absolute Gasteiger partial charge is 0.355 e. The molecule has 1 fully saturated rings. The molecular formula is C16H27FN4. The molecule has 0 aromatic carbocycles. The minimum Gasteiger partial charge on any atom is -0.355 e. The van der Waals surface area contributed by atoms with Crippen LogP contribution in [0.15, 0.2) is 12.3 Å². The zero-order valence-electron chi connectivity index (χ0n) is 13.6. The Morgan fingerprint density at radius 3 is 2.86 bits per heavy atom. The maximum atomic E-state index is 13.5. The van der Waals surface area contributed by atoms with Gasteiger partial charge in [-0.1, -0.05) is 13.8 Å². The number of likely N-dealkylation sites (N-methyl/N-ethyl adjacent to an activating group) is 1. The zero-order valence-corrected chi connectivity index (χ0v) is 13.6. The summed E-state index contributed by atoms with van der Waals surface area (Å²) >= 11 is 0. The Morgan fingerprint density at radius 2 is 2.24 bits per heavy atom. The first-order valence-corrected chi connectivity index (χ1v) is 7.74. The normalized spacial score (nSPS) is 19.0. The molecule has 0 aliphatic carbocycles. The SMILES string of the molecule is CC(C)CNCc1cc(F)cnc1N1CCC(N(C)C)C1. The summed E-state index contributed by atoms with van der Waals surface area (Å²) < 4.78 is 13.5. The molecule has 1 aliphatic rings. The van der Waals surface area contributed by atoms with Crippen molar-refractivity contribution < 1.29 is 4.39 Å². The van der Waals surface area contributed by atoms with Crippen LogP contribution in [0.4, 0.5) is 10.2 Å². The standard InChI is InChI=1S/C16H27FN4/c1-12(2)8-18-9-13-7-14(17)10-19-16(13)21-6-5-15(11-21)20(3)4/h7,10,12,15,18H,5-6,8-9,11H2,1-4H3. The highest BCUT2D eigenvalue weighted by Crippen LogP contribution is 2.24. The second-order valence-corrected chi connectivity index (χ2v) is 6.51. The third-order valence-electron chi connectivity index (χ3n) is 3.97. The van der Waals surface area contributed by atoms with Crippen LogP contribution in [0.1, 0.15) is 25.8 Å². The maximum Gasteiger partial charge on any atom is 0.141 e. The topological polar surface area (TPSA) is 31.4 Å². The molecule has 1 unspecified atom stereocenters. The van der Waals surface area contributed by atoms with Crippen molar-refractivity contribution in [3.05, 3.63) is 23.6 Å². The van der Waals surface area contributed by atoms with E-state index in [0.717, 1.165) is 37.4 Å². The molecule has 1 saturated heterocycles. The molecule has 1 atom stereocenters. The smallest absolute Gasteiger partial charge is 0.141 e. The summed E-state index contributed by atoms with van der Waals surface area (Å²) in [5.41, 5.74) is 0.954. The van der Waals surface area contributed by atoms with Gasteiger partial charge in [0.15, 0.2) is 0 Å². The van der Waals surface area contributed by atoms with Gasteiger partial charge >= 0.3 is 0 Å². The molecule has 0 radical (unpaired) electrons. The Labute approximate surface area is 127 Å². The Bertz CT molecular complexity index is 462. The van der Waals surface area contributed by atoms with Crippen LogP contribution in [0.2, 0.25) is 0 Å². The molecule has 2 rings (SSSR count). The molecule has 4 nitrogen and oxygen atoms in total. The third-order valence-corrected chi connectivity index (χ3v) is 3.97. The van der Waals surface area contributed by atoms with E-state index in [1.54, 1.807) is 6.07 Å². The van der Waals surface area contributed by atoms with Crippen LogP contribution in [0, 0.1) is 11.7 Å². The molecule has 1 aliphatic heterocycles. The van der Waals surface area contributed by atoms with Crippen LogP contribution < -0.4 is 10.2 Å². The lowest BCUT2D eigenvalue weighted by molar-refractivity contribution is 0.315. The molecule has 118 valence electrons. The van der Waals surface area contributed by atoms with Gasteiger partial charge in [-0.2, -0.15) is 0 Å². The number of hydrogen-bond acceptors (Lipinski definition) is 4. The summed E-state index contributed by atoms with van der Waals surface area (Å²) in [5.74, 6) is 1.25. The van der Waals surface area contributed by atoms with Gasteiger partial charge in [0, 0.05) is 31.2 Å². The molecule has 1 aromatic rings. The highest BCUT2D eigenvalue weighted by Gasteiger charge is 2.26. The fraction of sp³-hybridized carbons (Fsp3) is 0.688. The van der Waals surface area contributed by atoms with Crippen molar-refractivity contribution in [3.8, 4) is 0 Å². The van der Waals surface area contributed by atoms with Crippen molar-refractivity contribution in [2.45, 2.75) is 32.9 Å². The van der Waals surface area contributed by atoms with Gasteiger partial charge in [-0.25, -0.2) is 9.37 Å². The van der Waals surface area contributed by atoms with E-state index in [4.69, 9.17) is 0 Å². The van der Waals surface area contributed by atoms with Gasteiger partial charge in [-0.05, 0) is 39.0 Å². The van der Waals surface area contributed by atoms with Crippen LogP contribution in [0.5, 0.6) is 0 Å². The van der Waals surface area contributed by atoms with Crippen molar-refractivity contribution in [1.82, 2.24) is 15.2 Å². The second kappa shape index (κ2) is 7.18. The Kier molecular flexibility index (Phi) is 5.53. The van der Waals surface area contributed by atoms with Crippen LogP contribution in [0.25, 0.3) is 0 Å². The molecule has 0 spiro atoms. The molecule has 21 heavy (non-hydrogen) atoms. The summed E-state index contributed by atoms with van der Waals surface area (Å²) in [5, 5.41) is 3.38. The number of halogens is 1. The molecule has 2 heterocycles. The maximum absolute atomic E-state index is 13.5. The van der Waals surface area contributed by atoms with Crippen LogP contribution in [-0.2, 0) is 6.54 Å². The Balaban J connectivity index is 2.08. The third kappa shape index (κ3) is 4.38. The lowest BCUT2D eigenvalue weighted by Gasteiger charge is -2.23. The fourth-order valence-electron chi connectivity index (χ4n) is 2.74. The number of pyridine rings is 1. The van der Waals surface area contributed by atoms with Crippen molar-refractivity contribution in [3.63, 3.8) is 0 Å². The van der Waals surface area contributed by atoms with Crippen molar-refractivity contribution in [1.29, 1.82) is 0 Å². The van der Waals surface area contributed by atoms with E-state index in [2.05, 4.69) is 48.0 Å².